The molecule has 10 heteroatoms. The van der Waals surface area contributed by atoms with Crippen molar-refractivity contribution in [3.8, 4) is 5.69 Å². The molecule has 9 nitrogen and oxygen atoms in total. The number of para-hydroxylation sites is 1. The number of hydrogen-bond acceptors (Lipinski definition) is 5. The van der Waals surface area contributed by atoms with E-state index in [2.05, 4.69) is 25.9 Å². The number of carbonyl (C=O) groups is 2. The zero-order valence-electron chi connectivity index (χ0n) is 16.4. The summed E-state index contributed by atoms with van der Waals surface area (Å²) in [5.41, 5.74) is 7.77. The topological polar surface area (TPSA) is 131 Å². The van der Waals surface area contributed by atoms with E-state index in [1.165, 1.54) is 24.5 Å². The number of halogens is 1. The van der Waals surface area contributed by atoms with Crippen LogP contribution in [0, 0.1) is 12.7 Å². The van der Waals surface area contributed by atoms with Crippen molar-refractivity contribution in [2.45, 2.75) is 6.92 Å². The van der Waals surface area contributed by atoms with E-state index in [4.69, 9.17) is 5.73 Å². The van der Waals surface area contributed by atoms with Crippen LogP contribution in [0.3, 0.4) is 0 Å². The molecule has 4 aromatic rings. The lowest BCUT2D eigenvalue weighted by Crippen LogP contribution is -2.17. The first kappa shape index (κ1) is 19.8. The highest BCUT2D eigenvalue weighted by Gasteiger charge is 2.19. The number of anilines is 3. The number of nitrogen functional groups attached to an aromatic ring is 1. The van der Waals surface area contributed by atoms with Gasteiger partial charge in [0.05, 0.1) is 12.4 Å². The Kier molecular flexibility index (Phi) is 5.19. The van der Waals surface area contributed by atoms with Crippen molar-refractivity contribution in [2.75, 3.05) is 16.4 Å². The van der Waals surface area contributed by atoms with Gasteiger partial charge in [-0.15, -0.1) is 0 Å². The molecule has 31 heavy (non-hydrogen) atoms. The van der Waals surface area contributed by atoms with Crippen LogP contribution >= 0.6 is 0 Å². The van der Waals surface area contributed by atoms with Crippen molar-refractivity contribution in [3.05, 3.63) is 83.4 Å². The molecule has 0 bridgehead atoms. The van der Waals surface area contributed by atoms with Crippen molar-refractivity contribution < 1.29 is 14.0 Å². The third-order valence-electron chi connectivity index (χ3n) is 4.63. The summed E-state index contributed by atoms with van der Waals surface area (Å²) in [5, 5.41) is 15.9. The highest BCUT2D eigenvalue weighted by molar-refractivity contribution is 6.09. The number of aromatic amines is 1. The lowest BCUT2D eigenvalue weighted by molar-refractivity contribution is 0.101. The molecule has 156 valence electrons. The van der Waals surface area contributed by atoms with Crippen LogP contribution in [-0.2, 0) is 0 Å². The number of H-pyrrole nitrogens is 1. The van der Waals surface area contributed by atoms with Crippen LogP contribution in [0.2, 0.25) is 0 Å². The number of nitrogens with one attached hydrogen (secondary N) is 3. The molecule has 0 aliphatic carbocycles. The minimum Gasteiger partial charge on any atom is -0.383 e. The first-order valence-electron chi connectivity index (χ1n) is 9.25. The molecule has 0 unspecified atom stereocenters. The SMILES string of the molecule is Cc1ccc(C(=O)Nc2ccn[nH]2)cc1NC(=O)c1cnn(-c2ccccc2F)c1N. The minimum absolute atomic E-state index is 0.00612. The molecule has 2 aromatic carbocycles. The summed E-state index contributed by atoms with van der Waals surface area (Å²) in [6.07, 6.45) is 2.78. The maximum atomic E-state index is 14.1. The molecule has 0 radical (unpaired) electrons. The van der Waals surface area contributed by atoms with Gasteiger partial charge in [0, 0.05) is 17.3 Å². The van der Waals surface area contributed by atoms with Gasteiger partial charge in [-0.25, -0.2) is 9.07 Å². The summed E-state index contributed by atoms with van der Waals surface area (Å²) in [6.45, 7) is 1.79. The number of carbonyl (C=O) groups excluding carboxylic acids is 2. The average molecular weight is 419 g/mol. The van der Waals surface area contributed by atoms with Crippen LogP contribution in [-0.4, -0.2) is 31.8 Å². The van der Waals surface area contributed by atoms with Crippen molar-refractivity contribution in [1.29, 1.82) is 0 Å². The normalized spacial score (nSPS) is 10.6. The van der Waals surface area contributed by atoms with Gasteiger partial charge in [-0.2, -0.15) is 10.2 Å². The Balaban J connectivity index is 1.56. The van der Waals surface area contributed by atoms with Crippen LogP contribution in [0.25, 0.3) is 5.69 Å². The average Bonchev–Trinajstić information content (AvgIpc) is 3.39. The first-order chi connectivity index (χ1) is 14.9. The number of benzene rings is 2. The zero-order valence-corrected chi connectivity index (χ0v) is 16.4. The summed E-state index contributed by atoms with van der Waals surface area (Å²) < 4.78 is 15.2. The highest BCUT2D eigenvalue weighted by atomic mass is 19.1. The molecule has 0 saturated carbocycles. The second kappa shape index (κ2) is 8.11. The summed E-state index contributed by atoms with van der Waals surface area (Å²) in [7, 11) is 0. The Bertz CT molecular complexity index is 1260. The number of nitrogens with zero attached hydrogens (tertiary/aromatic N) is 3. The summed E-state index contributed by atoms with van der Waals surface area (Å²) in [5.74, 6) is -0.977. The summed E-state index contributed by atoms with van der Waals surface area (Å²) >= 11 is 0. The second-order valence-corrected chi connectivity index (χ2v) is 6.71. The quantitative estimate of drug-likeness (QED) is 0.395. The van der Waals surface area contributed by atoms with Crippen LogP contribution in [0.5, 0.6) is 0 Å². The van der Waals surface area contributed by atoms with E-state index < -0.39 is 11.7 Å². The first-order valence-corrected chi connectivity index (χ1v) is 9.25. The number of nitrogens with two attached hydrogens (primary N) is 1. The molecule has 0 spiro atoms. The maximum Gasteiger partial charge on any atom is 0.261 e. The molecule has 0 fully saturated rings. The molecule has 5 N–H and O–H groups in total. The van der Waals surface area contributed by atoms with Crippen molar-refractivity contribution in [1.82, 2.24) is 20.0 Å². The lowest BCUT2D eigenvalue weighted by Gasteiger charge is -2.11. The van der Waals surface area contributed by atoms with Gasteiger partial charge in [0.15, 0.2) is 0 Å². The van der Waals surface area contributed by atoms with Gasteiger partial charge in [0.25, 0.3) is 11.8 Å². The second-order valence-electron chi connectivity index (χ2n) is 6.71. The number of aryl methyl sites for hydroxylation is 1. The molecular formula is C21H18FN7O2. The zero-order chi connectivity index (χ0) is 22.0. The van der Waals surface area contributed by atoms with Crippen LogP contribution in [0.1, 0.15) is 26.3 Å². The summed E-state index contributed by atoms with van der Waals surface area (Å²) in [4.78, 5) is 25.2. The molecule has 0 aliphatic heterocycles. The molecule has 2 amide bonds. The van der Waals surface area contributed by atoms with E-state index in [1.54, 1.807) is 43.3 Å². The van der Waals surface area contributed by atoms with Crippen LogP contribution < -0.4 is 16.4 Å². The molecule has 0 saturated heterocycles. The predicted molar refractivity (Wildman–Crippen MR) is 114 cm³/mol. The van der Waals surface area contributed by atoms with Gasteiger partial charge >= 0.3 is 0 Å². The van der Waals surface area contributed by atoms with E-state index in [1.807, 2.05) is 0 Å². The Morgan fingerprint density at radius 2 is 1.90 bits per heavy atom. The van der Waals surface area contributed by atoms with E-state index in [-0.39, 0.29) is 23.0 Å². The fourth-order valence-corrected chi connectivity index (χ4v) is 2.96. The largest absolute Gasteiger partial charge is 0.383 e. The minimum atomic E-state index is -0.533. The number of rotatable bonds is 5. The van der Waals surface area contributed by atoms with Gasteiger partial charge in [-0.3, -0.25) is 14.7 Å². The van der Waals surface area contributed by atoms with Crippen LogP contribution in [0.15, 0.2) is 60.9 Å². The molecule has 4 rings (SSSR count). The molecule has 2 aromatic heterocycles. The monoisotopic (exact) mass is 419 g/mol. The standard InChI is InChI=1S/C21H18FN7O2/c1-12-6-7-13(20(30)27-18-8-9-24-28-18)10-16(12)26-21(31)14-11-25-29(19(14)23)17-5-3-2-4-15(17)22/h2-11H,23H2,1H3,(H,26,31)(H2,24,27,28,30). The van der Waals surface area contributed by atoms with Crippen molar-refractivity contribution in [3.63, 3.8) is 0 Å². The maximum absolute atomic E-state index is 14.1. The smallest absolute Gasteiger partial charge is 0.261 e. The van der Waals surface area contributed by atoms with E-state index in [0.29, 0.717) is 17.1 Å². The van der Waals surface area contributed by atoms with Crippen LogP contribution in [0.4, 0.5) is 21.7 Å². The summed E-state index contributed by atoms with van der Waals surface area (Å²) in [6, 6.07) is 12.5. The lowest BCUT2D eigenvalue weighted by atomic mass is 10.1. The number of amides is 2. The Labute approximate surface area is 176 Å². The molecular weight excluding hydrogens is 401 g/mol. The van der Waals surface area contributed by atoms with Crippen molar-refractivity contribution >= 4 is 29.1 Å². The molecule has 2 heterocycles. The third kappa shape index (κ3) is 3.99. The van der Waals surface area contributed by atoms with Gasteiger partial charge in [0.2, 0.25) is 0 Å². The Hall–Kier alpha value is -4.47. The van der Waals surface area contributed by atoms with E-state index in [0.717, 1.165) is 10.2 Å². The van der Waals surface area contributed by atoms with Gasteiger partial charge in [-0.05, 0) is 36.8 Å². The van der Waals surface area contributed by atoms with E-state index in [9.17, 15) is 14.0 Å². The molecule has 0 aliphatic rings. The van der Waals surface area contributed by atoms with Crippen molar-refractivity contribution in [2.24, 2.45) is 0 Å². The van der Waals surface area contributed by atoms with E-state index >= 15 is 0 Å². The third-order valence-corrected chi connectivity index (χ3v) is 4.63. The number of hydrogen-bond donors (Lipinski definition) is 4. The Morgan fingerprint density at radius 1 is 1.10 bits per heavy atom. The number of aromatic nitrogens is 4. The van der Waals surface area contributed by atoms with Gasteiger partial charge < -0.3 is 16.4 Å². The van der Waals surface area contributed by atoms with Gasteiger partial charge in [-0.1, -0.05) is 18.2 Å². The highest BCUT2D eigenvalue weighted by Crippen LogP contribution is 2.23. The predicted octanol–water partition coefficient (Wildman–Crippen LogP) is 3.13. The van der Waals surface area contributed by atoms with Gasteiger partial charge in [0.1, 0.15) is 28.7 Å². The fraction of sp³-hybridized carbons (Fsp3) is 0.0476. The Morgan fingerprint density at radius 3 is 2.65 bits per heavy atom. The molecule has 0 atom stereocenters. The fourth-order valence-electron chi connectivity index (χ4n) is 2.96.